The molecule has 2 aliphatic carbocycles. The van der Waals surface area contributed by atoms with Crippen LogP contribution in [0.4, 0.5) is 0 Å². The summed E-state index contributed by atoms with van der Waals surface area (Å²) in [6.07, 6.45) is 10.2. The van der Waals surface area contributed by atoms with Crippen LogP contribution < -0.4 is 10.6 Å². The number of thioether (sulfide) groups is 1. The molecule has 3 N–H and O–H groups in total. The Bertz CT molecular complexity index is 318. The Kier molecular flexibility index (Phi) is 5.39. The standard InChI is InChI=1S/C14H27N3OS/c1-15-13(16-10-14(18)7-4-8-14)17-11-5-3-6-12(9-11)19-2/h11-12,18H,3-10H2,1-2H3,(H2,15,16,17). The highest BCUT2D eigenvalue weighted by Gasteiger charge is 2.34. The molecule has 2 fully saturated rings. The van der Waals surface area contributed by atoms with E-state index in [-0.39, 0.29) is 0 Å². The van der Waals surface area contributed by atoms with Crippen molar-refractivity contribution in [3.63, 3.8) is 0 Å². The van der Waals surface area contributed by atoms with Crippen LogP contribution in [0.3, 0.4) is 0 Å². The number of nitrogens with one attached hydrogen (secondary N) is 2. The van der Waals surface area contributed by atoms with Crippen molar-refractivity contribution in [3.05, 3.63) is 0 Å². The fraction of sp³-hybridized carbons (Fsp3) is 0.929. The fourth-order valence-corrected chi connectivity index (χ4v) is 3.72. The lowest BCUT2D eigenvalue weighted by atomic mass is 9.80. The van der Waals surface area contributed by atoms with E-state index >= 15 is 0 Å². The third-order valence-corrected chi connectivity index (χ3v) is 5.49. The predicted molar refractivity (Wildman–Crippen MR) is 82.9 cm³/mol. The molecule has 0 aliphatic heterocycles. The van der Waals surface area contributed by atoms with Crippen molar-refractivity contribution in [1.29, 1.82) is 0 Å². The zero-order chi connectivity index (χ0) is 13.7. The molecule has 2 atom stereocenters. The maximum Gasteiger partial charge on any atom is 0.191 e. The average Bonchev–Trinajstić information content (AvgIpc) is 2.41. The minimum atomic E-state index is -0.494. The van der Waals surface area contributed by atoms with Gasteiger partial charge >= 0.3 is 0 Å². The second-order valence-electron chi connectivity index (χ2n) is 5.87. The first-order valence-electron chi connectivity index (χ1n) is 7.37. The molecule has 0 heterocycles. The van der Waals surface area contributed by atoms with Crippen LogP contribution in [0.15, 0.2) is 4.99 Å². The second-order valence-corrected chi connectivity index (χ2v) is 7.01. The van der Waals surface area contributed by atoms with Gasteiger partial charge in [0.25, 0.3) is 0 Å². The van der Waals surface area contributed by atoms with Crippen LogP contribution >= 0.6 is 11.8 Å². The summed E-state index contributed by atoms with van der Waals surface area (Å²) >= 11 is 1.97. The number of rotatable bonds is 4. The number of hydrogen-bond acceptors (Lipinski definition) is 3. The fourth-order valence-electron chi connectivity index (χ4n) is 2.89. The molecule has 0 saturated heterocycles. The van der Waals surface area contributed by atoms with Gasteiger partial charge in [-0.05, 0) is 44.8 Å². The molecule has 0 bridgehead atoms. The number of aliphatic imine (C=N–C) groups is 1. The third kappa shape index (κ3) is 4.28. The number of hydrogen-bond donors (Lipinski definition) is 3. The van der Waals surface area contributed by atoms with Crippen molar-refractivity contribution in [1.82, 2.24) is 10.6 Å². The molecule has 0 aromatic carbocycles. The van der Waals surface area contributed by atoms with Gasteiger partial charge < -0.3 is 15.7 Å². The molecule has 5 heteroatoms. The molecular weight excluding hydrogens is 258 g/mol. The highest BCUT2D eigenvalue weighted by Crippen LogP contribution is 2.30. The Hall–Kier alpha value is -0.420. The van der Waals surface area contributed by atoms with Gasteiger partial charge in [-0.15, -0.1) is 0 Å². The van der Waals surface area contributed by atoms with Crippen LogP contribution in [0.5, 0.6) is 0 Å². The van der Waals surface area contributed by atoms with Gasteiger partial charge in [0.1, 0.15) is 0 Å². The summed E-state index contributed by atoms with van der Waals surface area (Å²) in [6.45, 7) is 0.616. The van der Waals surface area contributed by atoms with Gasteiger partial charge in [0, 0.05) is 24.9 Å². The minimum absolute atomic E-state index is 0.494. The van der Waals surface area contributed by atoms with Gasteiger partial charge in [-0.2, -0.15) is 11.8 Å². The smallest absolute Gasteiger partial charge is 0.191 e. The normalized spacial score (nSPS) is 30.6. The van der Waals surface area contributed by atoms with Crippen LogP contribution in [0.25, 0.3) is 0 Å². The molecule has 0 spiro atoms. The monoisotopic (exact) mass is 285 g/mol. The summed E-state index contributed by atoms with van der Waals surface area (Å²) in [5.74, 6) is 0.840. The lowest BCUT2D eigenvalue weighted by Gasteiger charge is -2.37. The third-order valence-electron chi connectivity index (χ3n) is 4.39. The SMILES string of the molecule is CN=C(NCC1(O)CCC1)NC1CCCC(SC)C1. The van der Waals surface area contributed by atoms with E-state index in [0.717, 1.165) is 30.5 Å². The number of guanidine groups is 1. The van der Waals surface area contributed by atoms with Gasteiger partial charge in [-0.3, -0.25) is 4.99 Å². The molecule has 2 unspecified atom stereocenters. The minimum Gasteiger partial charge on any atom is -0.388 e. The topological polar surface area (TPSA) is 56.7 Å². The Morgan fingerprint density at radius 2 is 2.16 bits per heavy atom. The van der Waals surface area contributed by atoms with Gasteiger partial charge in [-0.25, -0.2) is 0 Å². The largest absolute Gasteiger partial charge is 0.388 e. The Labute approximate surface area is 120 Å². The summed E-state index contributed by atoms with van der Waals surface area (Å²) in [5.41, 5.74) is -0.494. The maximum atomic E-state index is 10.1. The zero-order valence-electron chi connectivity index (χ0n) is 12.1. The van der Waals surface area contributed by atoms with Crippen LogP contribution in [0, 0.1) is 0 Å². The molecule has 0 radical (unpaired) electrons. The number of nitrogens with zero attached hydrogens (tertiary/aromatic N) is 1. The summed E-state index contributed by atoms with van der Waals surface area (Å²) in [5, 5.41) is 17.6. The molecule has 4 nitrogen and oxygen atoms in total. The average molecular weight is 285 g/mol. The first-order valence-corrected chi connectivity index (χ1v) is 8.66. The van der Waals surface area contributed by atoms with E-state index in [9.17, 15) is 5.11 Å². The summed E-state index contributed by atoms with van der Waals surface area (Å²) in [7, 11) is 1.80. The van der Waals surface area contributed by atoms with Gasteiger partial charge in [0.05, 0.1) is 5.60 Å². The Balaban J connectivity index is 1.75. The zero-order valence-corrected chi connectivity index (χ0v) is 12.9. The molecule has 0 aromatic heterocycles. The lowest BCUT2D eigenvalue weighted by molar-refractivity contribution is -0.0279. The molecular formula is C14H27N3OS. The molecule has 19 heavy (non-hydrogen) atoms. The first-order chi connectivity index (χ1) is 9.15. The molecule has 2 saturated carbocycles. The number of aliphatic hydroxyl groups is 1. The van der Waals surface area contributed by atoms with E-state index in [1.807, 2.05) is 11.8 Å². The summed E-state index contributed by atoms with van der Waals surface area (Å²) in [4.78, 5) is 4.27. The van der Waals surface area contributed by atoms with Gasteiger partial charge in [-0.1, -0.05) is 6.42 Å². The maximum absolute atomic E-state index is 10.1. The van der Waals surface area contributed by atoms with E-state index in [4.69, 9.17) is 0 Å². The van der Waals surface area contributed by atoms with E-state index in [1.54, 1.807) is 7.05 Å². The van der Waals surface area contributed by atoms with Crippen molar-refractivity contribution in [2.45, 2.75) is 61.8 Å². The highest BCUT2D eigenvalue weighted by atomic mass is 32.2. The van der Waals surface area contributed by atoms with Crippen LogP contribution in [0.1, 0.15) is 44.9 Å². The molecule has 2 rings (SSSR count). The van der Waals surface area contributed by atoms with Crippen molar-refractivity contribution in [3.8, 4) is 0 Å². The van der Waals surface area contributed by atoms with E-state index in [2.05, 4.69) is 21.9 Å². The molecule has 2 aliphatic rings. The van der Waals surface area contributed by atoms with Crippen molar-refractivity contribution < 1.29 is 5.11 Å². The van der Waals surface area contributed by atoms with Gasteiger partial charge in [0.2, 0.25) is 0 Å². The van der Waals surface area contributed by atoms with Gasteiger partial charge in [0.15, 0.2) is 5.96 Å². The predicted octanol–water partition coefficient (Wildman–Crippen LogP) is 1.74. The van der Waals surface area contributed by atoms with E-state index < -0.39 is 5.60 Å². The molecule has 110 valence electrons. The van der Waals surface area contributed by atoms with E-state index in [1.165, 1.54) is 25.7 Å². The van der Waals surface area contributed by atoms with E-state index in [0.29, 0.717) is 12.6 Å². The lowest BCUT2D eigenvalue weighted by Crippen LogP contribution is -2.52. The Morgan fingerprint density at radius 3 is 2.74 bits per heavy atom. The summed E-state index contributed by atoms with van der Waals surface area (Å²) in [6, 6.07) is 0.522. The highest BCUT2D eigenvalue weighted by molar-refractivity contribution is 7.99. The Morgan fingerprint density at radius 1 is 1.37 bits per heavy atom. The molecule has 0 amide bonds. The quantitative estimate of drug-likeness (QED) is 0.544. The van der Waals surface area contributed by atoms with Crippen LogP contribution in [0.2, 0.25) is 0 Å². The first kappa shape index (κ1) is 15.0. The molecule has 0 aromatic rings. The summed E-state index contributed by atoms with van der Waals surface area (Å²) < 4.78 is 0. The van der Waals surface area contributed by atoms with Crippen LogP contribution in [-0.4, -0.2) is 47.8 Å². The van der Waals surface area contributed by atoms with Crippen LogP contribution in [-0.2, 0) is 0 Å². The van der Waals surface area contributed by atoms with Crippen molar-refractivity contribution in [2.24, 2.45) is 4.99 Å². The second kappa shape index (κ2) is 6.84. The van der Waals surface area contributed by atoms with Crippen molar-refractivity contribution >= 4 is 17.7 Å². The van der Waals surface area contributed by atoms with Crippen molar-refractivity contribution in [2.75, 3.05) is 19.8 Å².